The van der Waals surface area contributed by atoms with Crippen molar-refractivity contribution in [3.8, 4) is 0 Å². The number of aromatic nitrogens is 2. The highest BCUT2D eigenvalue weighted by Gasteiger charge is 2.39. The van der Waals surface area contributed by atoms with Gasteiger partial charge >= 0.3 is 0 Å². The van der Waals surface area contributed by atoms with E-state index in [0.29, 0.717) is 45.8 Å². The molecule has 0 aromatic carbocycles. The molecule has 0 N–H and O–H groups in total. The third-order valence-electron chi connectivity index (χ3n) is 4.54. The number of hydrogen-bond donors (Lipinski definition) is 0. The van der Waals surface area contributed by atoms with Gasteiger partial charge in [0, 0.05) is 58.0 Å². The number of rotatable bonds is 4. The normalized spacial score (nSPS) is 26.5. The van der Waals surface area contributed by atoms with Crippen LogP contribution < -0.4 is 0 Å². The number of halogens is 1. The van der Waals surface area contributed by atoms with E-state index >= 15 is 0 Å². The van der Waals surface area contributed by atoms with E-state index in [9.17, 15) is 9.18 Å². The summed E-state index contributed by atoms with van der Waals surface area (Å²) in [7, 11) is 1.90. The topological polar surface area (TPSA) is 50.6 Å². The Labute approximate surface area is 129 Å². The van der Waals surface area contributed by atoms with Crippen molar-refractivity contribution in [2.45, 2.75) is 25.1 Å². The lowest BCUT2D eigenvalue weighted by atomic mass is 10.1. The van der Waals surface area contributed by atoms with E-state index in [1.54, 1.807) is 6.20 Å². The molecule has 2 aliphatic heterocycles. The Morgan fingerprint density at radius 3 is 2.91 bits per heavy atom. The molecule has 22 heavy (non-hydrogen) atoms. The van der Waals surface area contributed by atoms with Crippen LogP contribution in [0.3, 0.4) is 0 Å². The second-order valence-corrected chi connectivity index (χ2v) is 5.98. The predicted octanol–water partition coefficient (Wildman–Crippen LogP) is 0.234. The van der Waals surface area contributed by atoms with Gasteiger partial charge in [0.1, 0.15) is 6.17 Å². The summed E-state index contributed by atoms with van der Waals surface area (Å²) in [5.74, 6) is 0.0495. The summed E-state index contributed by atoms with van der Waals surface area (Å²) in [6, 6.07) is 1.63. The second-order valence-electron chi connectivity index (χ2n) is 5.98. The molecule has 7 heteroatoms. The molecule has 0 aliphatic carbocycles. The van der Waals surface area contributed by atoms with Crippen molar-refractivity contribution in [3.05, 3.63) is 18.0 Å². The number of carbonyl (C=O) groups excluding carboxylic acids is 1. The molecule has 0 saturated carbocycles. The Morgan fingerprint density at radius 1 is 1.45 bits per heavy atom. The van der Waals surface area contributed by atoms with Crippen molar-refractivity contribution in [1.82, 2.24) is 19.6 Å². The minimum atomic E-state index is -0.915. The summed E-state index contributed by atoms with van der Waals surface area (Å²) in [6.07, 6.45) is 1.92. The number of likely N-dealkylation sites (tertiary alicyclic amines) is 1. The maximum absolute atomic E-state index is 13.8. The second kappa shape index (κ2) is 6.75. The monoisotopic (exact) mass is 310 g/mol. The highest BCUT2D eigenvalue weighted by molar-refractivity contribution is 5.82. The van der Waals surface area contributed by atoms with Crippen molar-refractivity contribution >= 4 is 5.91 Å². The molecule has 3 rings (SSSR count). The molecule has 2 fully saturated rings. The third kappa shape index (κ3) is 3.30. The molecular formula is C15H23FN4O2. The van der Waals surface area contributed by atoms with Gasteiger partial charge in [0.25, 0.3) is 0 Å². The van der Waals surface area contributed by atoms with E-state index in [4.69, 9.17) is 4.74 Å². The molecule has 0 bridgehead atoms. The molecule has 122 valence electrons. The number of alkyl halides is 1. The van der Waals surface area contributed by atoms with Gasteiger partial charge in [-0.25, -0.2) is 4.39 Å². The number of amides is 1. The number of carbonyl (C=O) groups is 1. The molecule has 2 aliphatic rings. The Balaban J connectivity index is 1.61. The van der Waals surface area contributed by atoms with Gasteiger partial charge in [0.15, 0.2) is 0 Å². The highest BCUT2D eigenvalue weighted by atomic mass is 19.1. The van der Waals surface area contributed by atoms with Crippen molar-refractivity contribution in [1.29, 1.82) is 0 Å². The van der Waals surface area contributed by atoms with Crippen molar-refractivity contribution in [2.24, 2.45) is 7.05 Å². The first kappa shape index (κ1) is 15.4. The van der Waals surface area contributed by atoms with Crippen molar-refractivity contribution < 1.29 is 13.9 Å². The lowest BCUT2D eigenvalue weighted by Gasteiger charge is -2.32. The molecule has 0 spiro atoms. The molecular weight excluding hydrogens is 287 g/mol. The average molecular weight is 310 g/mol. The molecule has 1 amide bonds. The first-order chi connectivity index (χ1) is 10.6. The van der Waals surface area contributed by atoms with Gasteiger partial charge in [-0.1, -0.05) is 0 Å². The fourth-order valence-corrected chi connectivity index (χ4v) is 3.25. The SMILES string of the molecule is Cn1nccc1CCN1C[C@H](F)C[C@H]1C(=O)N1CCOCC1. The van der Waals surface area contributed by atoms with E-state index in [2.05, 4.69) is 5.10 Å². The van der Waals surface area contributed by atoms with E-state index in [-0.39, 0.29) is 11.9 Å². The van der Waals surface area contributed by atoms with Crippen LogP contribution in [0, 0.1) is 0 Å². The molecule has 2 saturated heterocycles. The van der Waals surface area contributed by atoms with Crippen LogP contribution in [0.5, 0.6) is 0 Å². The summed E-state index contributed by atoms with van der Waals surface area (Å²) in [5.41, 5.74) is 1.10. The Bertz CT molecular complexity index is 515. The Hall–Kier alpha value is -1.47. The molecule has 6 nitrogen and oxygen atoms in total. The zero-order valence-corrected chi connectivity index (χ0v) is 12.9. The Morgan fingerprint density at radius 2 is 2.23 bits per heavy atom. The number of aryl methyl sites for hydroxylation is 1. The van der Waals surface area contributed by atoms with Gasteiger partial charge in [-0.05, 0) is 6.07 Å². The molecule has 0 radical (unpaired) electrons. The predicted molar refractivity (Wildman–Crippen MR) is 79.2 cm³/mol. The summed E-state index contributed by atoms with van der Waals surface area (Å²) < 4.78 is 20.9. The van der Waals surface area contributed by atoms with Gasteiger partial charge in [-0.2, -0.15) is 5.10 Å². The minimum Gasteiger partial charge on any atom is -0.378 e. The van der Waals surface area contributed by atoms with E-state index in [1.807, 2.05) is 27.6 Å². The van der Waals surface area contributed by atoms with Crippen LogP contribution >= 0.6 is 0 Å². The van der Waals surface area contributed by atoms with Gasteiger partial charge in [0.05, 0.1) is 19.3 Å². The first-order valence-electron chi connectivity index (χ1n) is 7.86. The molecule has 0 unspecified atom stereocenters. The van der Waals surface area contributed by atoms with Gasteiger partial charge in [-0.3, -0.25) is 14.4 Å². The van der Waals surface area contributed by atoms with Gasteiger partial charge in [0.2, 0.25) is 5.91 Å². The quantitative estimate of drug-likeness (QED) is 0.799. The van der Waals surface area contributed by atoms with E-state index in [1.165, 1.54) is 0 Å². The van der Waals surface area contributed by atoms with Crippen LogP contribution in [0.4, 0.5) is 4.39 Å². The van der Waals surface area contributed by atoms with Crippen LogP contribution in [0.25, 0.3) is 0 Å². The lowest BCUT2D eigenvalue weighted by molar-refractivity contribution is -0.140. The zero-order chi connectivity index (χ0) is 15.5. The number of ether oxygens (including phenoxy) is 1. The van der Waals surface area contributed by atoms with Crippen molar-refractivity contribution in [3.63, 3.8) is 0 Å². The first-order valence-corrected chi connectivity index (χ1v) is 7.86. The number of morpholine rings is 1. The zero-order valence-electron chi connectivity index (χ0n) is 12.9. The summed E-state index contributed by atoms with van der Waals surface area (Å²) in [6.45, 7) is 3.40. The summed E-state index contributed by atoms with van der Waals surface area (Å²) in [4.78, 5) is 16.4. The largest absolute Gasteiger partial charge is 0.378 e. The molecule has 3 heterocycles. The minimum absolute atomic E-state index is 0.0495. The van der Waals surface area contributed by atoms with E-state index in [0.717, 1.165) is 12.1 Å². The summed E-state index contributed by atoms with van der Waals surface area (Å²) in [5, 5.41) is 4.14. The highest BCUT2D eigenvalue weighted by Crippen LogP contribution is 2.23. The van der Waals surface area contributed by atoms with Crippen LogP contribution in [-0.2, 0) is 23.0 Å². The molecule has 2 atom stereocenters. The average Bonchev–Trinajstić information content (AvgIpc) is 3.11. The maximum Gasteiger partial charge on any atom is 0.240 e. The van der Waals surface area contributed by atoms with Gasteiger partial charge < -0.3 is 9.64 Å². The van der Waals surface area contributed by atoms with Crippen LogP contribution in [-0.4, -0.2) is 77.1 Å². The maximum atomic E-state index is 13.8. The van der Waals surface area contributed by atoms with Crippen LogP contribution in [0.1, 0.15) is 12.1 Å². The summed E-state index contributed by atoms with van der Waals surface area (Å²) >= 11 is 0. The standard InChI is InChI=1S/C15H23FN4O2/c1-18-13(2-4-17-18)3-5-20-11-12(16)10-14(20)15(21)19-6-8-22-9-7-19/h2,4,12,14H,3,5-11H2,1H3/t12-,14+/m1/s1. The molecule has 1 aromatic heterocycles. The van der Waals surface area contributed by atoms with E-state index < -0.39 is 6.17 Å². The smallest absolute Gasteiger partial charge is 0.240 e. The van der Waals surface area contributed by atoms with Crippen molar-refractivity contribution in [2.75, 3.05) is 39.4 Å². The fourth-order valence-electron chi connectivity index (χ4n) is 3.25. The third-order valence-corrected chi connectivity index (χ3v) is 4.54. The fraction of sp³-hybridized carbons (Fsp3) is 0.733. The number of nitrogens with zero attached hydrogens (tertiary/aromatic N) is 4. The Kier molecular flexibility index (Phi) is 4.73. The van der Waals surface area contributed by atoms with Gasteiger partial charge in [-0.15, -0.1) is 0 Å². The molecule has 1 aromatic rings. The van der Waals surface area contributed by atoms with Crippen LogP contribution in [0.2, 0.25) is 0 Å². The number of hydrogen-bond acceptors (Lipinski definition) is 4. The van der Waals surface area contributed by atoms with Crippen LogP contribution in [0.15, 0.2) is 12.3 Å². The lowest BCUT2D eigenvalue weighted by Crippen LogP contribution is -2.50.